The molecular formula is C14H18N2O. The van der Waals surface area contributed by atoms with Gasteiger partial charge in [0, 0.05) is 24.5 Å². The van der Waals surface area contributed by atoms with Gasteiger partial charge in [-0.1, -0.05) is 26.0 Å². The zero-order valence-electron chi connectivity index (χ0n) is 10.6. The summed E-state index contributed by atoms with van der Waals surface area (Å²) < 4.78 is 1.92. The van der Waals surface area contributed by atoms with E-state index >= 15 is 0 Å². The number of hydrogen-bond donors (Lipinski definition) is 0. The van der Waals surface area contributed by atoms with Crippen molar-refractivity contribution in [3.63, 3.8) is 0 Å². The number of rotatable bonds is 3. The highest BCUT2D eigenvalue weighted by Gasteiger charge is 2.00. The molecule has 2 aromatic rings. The van der Waals surface area contributed by atoms with Gasteiger partial charge < -0.3 is 4.57 Å². The van der Waals surface area contributed by atoms with Gasteiger partial charge >= 0.3 is 0 Å². The van der Waals surface area contributed by atoms with Gasteiger partial charge in [-0.25, -0.2) is 4.98 Å². The fraction of sp³-hybridized carbons (Fsp3) is 0.286. The fourth-order valence-corrected chi connectivity index (χ4v) is 1.53. The van der Waals surface area contributed by atoms with Crippen molar-refractivity contribution in [2.24, 2.45) is 0 Å². The second-order valence-electron chi connectivity index (χ2n) is 3.52. The Morgan fingerprint density at radius 1 is 1.35 bits per heavy atom. The first-order chi connectivity index (χ1) is 8.25. The van der Waals surface area contributed by atoms with Gasteiger partial charge in [-0.3, -0.25) is 4.79 Å². The highest BCUT2D eigenvalue weighted by atomic mass is 16.1. The third kappa shape index (κ3) is 3.87. The van der Waals surface area contributed by atoms with E-state index in [2.05, 4.69) is 4.98 Å². The Bertz CT molecular complexity index is 461. The van der Waals surface area contributed by atoms with Gasteiger partial charge in [0.05, 0.1) is 6.33 Å². The van der Waals surface area contributed by atoms with Crippen molar-refractivity contribution in [1.82, 2.24) is 9.55 Å². The van der Waals surface area contributed by atoms with E-state index in [9.17, 15) is 4.79 Å². The molecule has 0 aliphatic heterocycles. The molecule has 0 bridgehead atoms. The van der Waals surface area contributed by atoms with E-state index in [1.54, 1.807) is 19.4 Å². The number of carbonyl (C=O) groups is 1. The maximum absolute atomic E-state index is 11.0. The number of benzene rings is 1. The molecule has 0 aliphatic rings. The quantitative estimate of drug-likeness (QED) is 0.812. The first-order valence-corrected chi connectivity index (χ1v) is 5.82. The minimum atomic E-state index is 0.179. The Morgan fingerprint density at radius 3 is 2.71 bits per heavy atom. The summed E-state index contributed by atoms with van der Waals surface area (Å²) in [6, 6.07) is 7.91. The van der Waals surface area contributed by atoms with Crippen LogP contribution in [-0.2, 0) is 11.2 Å². The average Bonchev–Trinajstić information content (AvgIpc) is 2.85. The van der Waals surface area contributed by atoms with E-state index < -0.39 is 0 Å². The van der Waals surface area contributed by atoms with Gasteiger partial charge in [0.1, 0.15) is 5.78 Å². The minimum Gasteiger partial charge on any atom is -0.306 e. The van der Waals surface area contributed by atoms with Gasteiger partial charge in [-0.15, -0.1) is 0 Å². The first kappa shape index (κ1) is 13.2. The second kappa shape index (κ2) is 6.63. The highest BCUT2D eigenvalue weighted by molar-refractivity contribution is 5.78. The van der Waals surface area contributed by atoms with Crippen LogP contribution in [0.1, 0.15) is 26.3 Å². The summed E-state index contributed by atoms with van der Waals surface area (Å²) in [7, 11) is 0. The third-order valence-electron chi connectivity index (χ3n) is 2.17. The molecule has 1 heterocycles. The lowest BCUT2D eigenvalue weighted by molar-refractivity contribution is -0.116. The Morgan fingerprint density at radius 2 is 2.12 bits per heavy atom. The van der Waals surface area contributed by atoms with E-state index in [4.69, 9.17) is 0 Å². The summed E-state index contributed by atoms with van der Waals surface area (Å²) in [5, 5.41) is 0. The van der Waals surface area contributed by atoms with Gasteiger partial charge in [0.2, 0.25) is 0 Å². The highest BCUT2D eigenvalue weighted by Crippen LogP contribution is 2.10. The number of nitrogens with zero attached hydrogens (tertiary/aromatic N) is 2. The zero-order chi connectivity index (χ0) is 12.7. The van der Waals surface area contributed by atoms with Crippen LogP contribution in [0.25, 0.3) is 5.69 Å². The summed E-state index contributed by atoms with van der Waals surface area (Å²) in [5.41, 5.74) is 2.07. The molecule has 3 heteroatoms. The SMILES string of the molecule is CC.CC(=O)Cc1cccc(-n2ccnc2)c1. The normalized spacial score (nSPS) is 9.35. The first-order valence-electron chi connectivity index (χ1n) is 5.82. The predicted octanol–water partition coefficient (Wildman–Crippen LogP) is 3.03. The van der Waals surface area contributed by atoms with Crippen LogP contribution in [0.15, 0.2) is 43.0 Å². The Balaban J connectivity index is 0.000000686. The van der Waals surface area contributed by atoms with Crippen molar-refractivity contribution < 1.29 is 4.79 Å². The summed E-state index contributed by atoms with van der Waals surface area (Å²) in [6.07, 6.45) is 5.85. The lowest BCUT2D eigenvalue weighted by atomic mass is 10.1. The van der Waals surface area contributed by atoms with Crippen LogP contribution in [0, 0.1) is 0 Å². The van der Waals surface area contributed by atoms with Crippen molar-refractivity contribution in [1.29, 1.82) is 0 Å². The van der Waals surface area contributed by atoms with Crippen LogP contribution < -0.4 is 0 Å². The second-order valence-corrected chi connectivity index (χ2v) is 3.52. The molecule has 1 aromatic carbocycles. The van der Waals surface area contributed by atoms with Crippen molar-refractivity contribution in [3.8, 4) is 5.69 Å². The molecular weight excluding hydrogens is 212 g/mol. The molecule has 0 N–H and O–H groups in total. The summed E-state index contributed by atoms with van der Waals surface area (Å²) in [4.78, 5) is 15.0. The Labute approximate surface area is 102 Å². The summed E-state index contributed by atoms with van der Waals surface area (Å²) in [6.45, 7) is 5.60. The Hall–Kier alpha value is -1.90. The number of carbonyl (C=O) groups excluding carboxylic acids is 1. The molecule has 0 saturated carbocycles. The predicted molar refractivity (Wildman–Crippen MR) is 69.3 cm³/mol. The standard InChI is InChI=1S/C12H12N2O.C2H6/c1-10(15)7-11-3-2-4-12(8-11)14-6-5-13-9-14;1-2/h2-6,8-9H,7H2,1H3;1-2H3. The third-order valence-corrected chi connectivity index (χ3v) is 2.17. The maximum Gasteiger partial charge on any atom is 0.134 e. The molecule has 1 aromatic heterocycles. The molecule has 0 atom stereocenters. The monoisotopic (exact) mass is 230 g/mol. The number of imidazole rings is 1. The molecule has 0 saturated heterocycles. The molecule has 2 rings (SSSR count). The minimum absolute atomic E-state index is 0.179. The van der Waals surface area contributed by atoms with Gasteiger partial charge in [-0.05, 0) is 24.6 Å². The number of ketones is 1. The summed E-state index contributed by atoms with van der Waals surface area (Å²) >= 11 is 0. The number of aromatic nitrogens is 2. The van der Waals surface area contributed by atoms with Crippen LogP contribution in [0.2, 0.25) is 0 Å². The molecule has 17 heavy (non-hydrogen) atoms. The zero-order valence-corrected chi connectivity index (χ0v) is 10.6. The molecule has 0 spiro atoms. The van der Waals surface area contributed by atoms with Crippen LogP contribution in [0.3, 0.4) is 0 Å². The van der Waals surface area contributed by atoms with E-state index in [-0.39, 0.29) is 5.78 Å². The van der Waals surface area contributed by atoms with Crippen LogP contribution in [-0.4, -0.2) is 15.3 Å². The molecule has 0 amide bonds. The Kier molecular flexibility index (Phi) is 5.14. The van der Waals surface area contributed by atoms with Crippen LogP contribution in [0.5, 0.6) is 0 Å². The molecule has 90 valence electrons. The van der Waals surface area contributed by atoms with Crippen molar-refractivity contribution in [2.45, 2.75) is 27.2 Å². The summed E-state index contributed by atoms with van der Waals surface area (Å²) in [5.74, 6) is 0.179. The fourth-order valence-electron chi connectivity index (χ4n) is 1.53. The van der Waals surface area contributed by atoms with Gasteiger partial charge in [0.15, 0.2) is 0 Å². The van der Waals surface area contributed by atoms with Crippen molar-refractivity contribution in [3.05, 3.63) is 48.5 Å². The number of Topliss-reactive ketones (excluding diaryl/α,β-unsaturated/α-hetero) is 1. The van der Waals surface area contributed by atoms with Crippen LogP contribution in [0.4, 0.5) is 0 Å². The van der Waals surface area contributed by atoms with E-state index in [1.165, 1.54) is 0 Å². The molecule has 3 nitrogen and oxygen atoms in total. The maximum atomic E-state index is 11.0. The van der Waals surface area contributed by atoms with E-state index in [0.717, 1.165) is 11.3 Å². The molecule has 0 radical (unpaired) electrons. The largest absolute Gasteiger partial charge is 0.306 e. The lowest BCUT2D eigenvalue weighted by Gasteiger charge is -2.04. The smallest absolute Gasteiger partial charge is 0.134 e. The van der Waals surface area contributed by atoms with Crippen molar-refractivity contribution >= 4 is 5.78 Å². The lowest BCUT2D eigenvalue weighted by Crippen LogP contribution is -1.98. The molecule has 0 fully saturated rings. The van der Waals surface area contributed by atoms with Crippen molar-refractivity contribution in [2.75, 3.05) is 0 Å². The van der Waals surface area contributed by atoms with E-state index in [1.807, 2.05) is 48.9 Å². The topological polar surface area (TPSA) is 34.9 Å². The molecule has 0 unspecified atom stereocenters. The van der Waals surface area contributed by atoms with Crippen LogP contribution >= 0.6 is 0 Å². The number of hydrogen-bond acceptors (Lipinski definition) is 2. The molecule has 0 aliphatic carbocycles. The average molecular weight is 230 g/mol. The van der Waals surface area contributed by atoms with Gasteiger partial charge in [-0.2, -0.15) is 0 Å². The van der Waals surface area contributed by atoms with Gasteiger partial charge in [0.25, 0.3) is 0 Å². The van der Waals surface area contributed by atoms with E-state index in [0.29, 0.717) is 6.42 Å².